The van der Waals surface area contributed by atoms with Crippen molar-refractivity contribution in [2.45, 2.75) is 4.90 Å². The van der Waals surface area contributed by atoms with Gasteiger partial charge in [-0.15, -0.1) is 0 Å². The number of nitro benzene ring substituents is 1. The van der Waals surface area contributed by atoms with E-state index in [1.807, 2.05) is 0 Å². The van der Waals surface area contributed by atoms with Crippen molar-refractivity contribution in [1.29, 1.82) is 0 Å². The summed E-state index contributed by atoms with van der Waals surface area (Å²) >= 11 is 2.99. The molecule has 21 heavy (non-hydrogen) atoms. The summed E-state index contributed by atoms with van der Waals surface area (Å²) in [6.45, 7) is 0. The third-order valence-corrected chi connectivity index (χ3v) is 4.55. The third-order valence-electron chi connectivity index (χ3n) is 2.47. The normalized spacial score (nSPS) is 11.1. The highest BCUT2D eigenvalue weighted by Gasteiger charge is 2.20. The smallest absolute Gasteiger partial charge is 0.285 e. The molecule has 8 nitrogen and oxygen atoms in total. The second-order valence-corrected chi connectivity index (χ2v) is 6.41. The molecular weight excluding hydrogens is 366 g/mol. The summed E-state index contributed by atoms with van der Waals surface area (Å²) in [5, 5.41) is 10.8. The molecule has 0 unspecified atom stereocenters. The molecule has 110 valence electrons. The molecule has 1 aromatic carbocycles. The van der Waals surface area contributed by atoms with Crippen LogP contribution in [0, 0.1) is 10.1 Å². The molecular formula is C11H8BrN3O5S. The zero-order valence-corrected chi connectivity index (χ0v) is 12.6. The number of hydrogen-bond acceptors (Lipinski definition) is 5. The Kier molecular flexibility index (Phi) is 4.09. The second kappa shape index (κ2) is 5.66. The number of aromatic nitrogens is 1. The Morgan fingerprint density at radius 2 is 2.00 bits per heavy atom. The number of aromatic amines is 1. The van der Waals surface area contributed by atoms with Crippen LogP contribution in [0.1, 0.15) is 0 Å². The van der Waals surface area contributed by atoms with Gasteiger partial charge in [0.15, 0.2) is 4.90 Å². The van der Waals surface area contributed by atoms with E-state index in [2.05, 4.69) is 25.6 Å². The van der Waals surface area contributed by atoms with Gasteiger partial charge in [0.05, 0.1) is 15.1 Å². The molecule has 0 fully saturated rings. The third kappa shape index (κ3) is 3.28. The average Bonchev–Trinajstić information content (AvgIpc) is 2.40. The van der Waals surface area contributed by atoms with Gasteiger partial charge in [0.25, 0.3) is 15.7 Å². The summed E-state index contributed by atoms with van der Waals surface area (Å²) in [6, 6.07) is 4.80. The summed E-state index contributed by atoms with van der Waals surface area (Å²) in [6.07, 6.45) is 2.34. The molecule has 0 radical (unpaired) electrons. The molecule has 0 aliphatic rings. The summed E-state index contributed by atoms with van der Waals surface area (Å²) in [5.74, 6) is 0. The Labute approximate surface area is 127 Å². The van der Waals surface area contributed by atoms with Crippen molar-refractivity contribution in [3.8, 4) is 0 Å². The fraction of sp³-hybridized carbons (Fsp3) is 0. The SMILES string of the molecule is O=c1cc[nH]cc1S(=O)(=O)Nc1ccc(Br)c([N+](=O)[O-])c1. The maximum atomic E-state index is 12.1. The molecule has 0 saturated heterocycles. The second-order valence-electron chi connectivity index (χ2n) is 3.90. The van der Waals surface area contributed by atoms with Crippen LogP contribution in [0.2, 0.25) is 0 Å². The molecule has 0 saturated carbocycles. The van der Waals surface area contributed by atoms with Crippen molar-refractivity contribution in [3.05, 3.63) is 61.5 Å². The van der Waals surface area contributed by atoms with Crippen molar-refractivity contribution in [3.63, 3.8) is 0 Å². The first-order valence-electron chi connectivity index (χ1n) is 5.45. The van der Waals surface area contributed by atoms with E-state index in [1.165, 1.54) is 18.3 Å². The monoisotopic (exact) mass is 373 g/mol. The molecule has 0 amide bonds. The molecule has 1 aromatic heterocycles. The zero-order valence-electron chi connectivity index (χ0n) is 10.2. The van der Waals surface area contributed by atoms with Crippen LogP contribution in [0.15, 0.2) is 50.8 Å². The lowest BCUT2D eigenvalue weighted by atomic mass is 10.3. The van der Waals surface area contributed by atoms with Crippen LogP contribution in [0.5, 0.6) is 0 Å². The number of H-pyrrole nitrogens is 1. The van der Waals surface area contributed by atoms with Crippen LogP contribution in [-0.2, 0) is 10.0 Å². The van der Waals surface area contributed by atoms with Crippen molar-refractivity contribution in [2.24, 2.45) is 0 Å². The summed E-state index contributed by atoms with van der Waals surface area (Å²) in [7, 11) is -4.13. The minimum Gasteiger partial charge on any atom is -0.366 e. The van der Waals surface area contributed by atoms with Gasteiger partial charge in [0, 0.05) is 24.5 Å². The van der Waals surface area contributed by atoms with Crippen molar-refractivity contribution in [1.82, 2.24) is 4.98 Å². The highest BCUT2D eigenvalue weighted by molar-refractivity contribution is 9.10. The van der Waals surface area contributed by atoms with Crippen molar-refractivity contribution >= 4 is 37.3 Å². The first-order chi connectivity index (χ1) is 9.81. The topological polar surface area (TPSA) is 122 Å². The Morgan fingerprint density at radius 3 is 2.62 bits per heavy atom. The van der Waals surface area contributed by atoms with E-state index in [0.717, 1.165) is 18.3 Å². The Morgan fingerprint density at radius 1 is 1.29 bits per heavy atom. The van der Waals surface area contributed by atoms with E-state index < -0.39 is 25.3 Å². The van der Waals surface area contributed by atoms with Crippen LogP contribution >= 0.6 is 15.9 Å². The van der Waals surface area contributed by atoms with E-state index in [9.17, 15) is 23.3 Å². The van der Waals surface area contributed by atoms with Gasteiger partial charge in [-0.2, -0.15) is 0 Å². The lowest BCUT2D eigenvalue weighted by molar-refractivity contribution is -0.385. The maximum Gasteiger partial charge on any atom is 0.285 e. The minimum atomic E-state index is -4.13. The van der Waals surface area contributed by atoms with E-state index in [0.29, 0.717) is 0 Å². The number of hydrogen-bond donors (Lipinski definition) is 2. The number of rotatable bonds is 4. The van der Waals surface area contributed by atoms with Gasteiger partial charge >= 0.3 is 0 Å². The van der Waals surface area contributed by atoms with Gasteiger partial charge < -0.3 is 4.98 Å². The van der Waals surface area contributed by atoms with Crippen LogP contribution in [0.4, 0.5) is 11.4 Å². The quantitative estimate of drug-likeness (QED) is 0.625. The lowest BCUT2D eigenvalue weighted by Gasteiger charge is -2.07. The van der Waals surface area contributed by atoms with Gasteiger partial charge in [-0.1, -0.05) is 0 Å². The van der Waals surface area contributed by atoms with Crippen molar-refractivity contribution in [2.75, 3.05) is 4.72 Å². The predicted molar refractivity (Wildman–Crippen MR) is 78.7 cm³/mol. The number of sulfonamides is 1. The fourth-order valence-electron chi connectivity index (χ4n) is 1.54. The number of nitro groups is 1. The van der Waals surface area contributed by atoms with Crippen LogP contribution < -0.4 is 10.2 Å². The van der Waals surface area contributed by atoms with Gasteiger partial charge in [0.1, 0.15) is 0 Å². The van der Waals surface area contributed by atoms with Crippen LogP contribution in [-0.4, -0.2) is 18.3 Å². The summed E-state index contributed by atoms with van der Waals surface area (Å²) < 4.78 is 26.5. The largest absolute Gasteiger partial charge is 0.366 e. The molecule has 10 heteroatoms. The number of halogens is 1. The lowest BCUT2D eigenvalue weighted by Crippen LogP contribution is -2.20. The first kappa shape index (κ1) is 15.2. The van der Waals surface area contributed by atoms with Crippen LogP contribution in [0.25, 0.3) is 0 Å². The highest BCUT2D eigenvalue weighted by atomic mass is 79.9. The molecule has 0 atom stereocenters. The van der Waals surface area contributed by atoms with Gasteiger partial charge in [0.2, 0.25) is 5.43 Å². The number of pyridine rings is 1. The molecule has 0 bridgehead atoms. The zero-order chi connectivity index (χ0) is 15.6. The molecule has 1 heterocycles. The maximum absolute atomic E-state index is 12.1. The highest BCUT2D eigenvalue weighted by Crippen LogP contribution is 2.28. The van der Waals surface area contributed by atoms with Gasteiger partial charge in [-0.05, 0) is 28.1 Å². The number of nitrogens with one attached hydrogen (secondary N) is 2. The number of benzene rings is 1. The Balaban J connectivity index is 2.43. The van der Waals surface area contributed by atoms with Gasteiger partial charge in [-0.3, -0.25) is 19.6 Å². The first-order valence-corrected chi connectivity index (χ1v) is 7.73. The Hall–Kier alpha value is -2.20. The predicted octanol–water partition coefficient (Wildman–Crippen LogP) is 1.85. The summed E-state index contributed by atoms with van der Waals surface area (Å²) in [5.41, 5.74) is -1.00. The molecule has 2 aromatic rings. The standard InChI is InChI=1S/C11H8BrN3O5S/c12-8-2-1-7(5-9(8)15(17)18)14-21(19,20)11-6-13-4-3-10(11)16/h1-6,14H,(H,13,16). The molecule has 2 N–H and O–H groups in total. The number of anilines is 1. The van der Waals surface area contributed by atoms with E-state index in [-0.39, 0.29) is 15.8 Å². The molecule has 0 aliphatic carbocycles. The molecule has 0 spiro atoms. The molecule has 2 rings (SSSR count). The van der Waals surface area contributed by atoms with E-state index >= 15 is 0 Å². The number of nitrogens with zero attached hydrogens (tertiary/aromatic N) is 1. The van der Waals surface area contributed by atoms with Crippen molar-refractivity contribution < 1.29 is 13.3 Å². The average molecular weight is 374 g/mol. The minimum absolute atomic E-state index is 0.0202. The van der Waals surface area contributed by atoms with E-state index in [1.54, 1.807) is 0 Å². The fourth-order valence-corrected chi connectivity index (χ4v) is 3.03. The Bertz CT molecular complexity index is 862. The summed E-state index contributed by atoms with van der Waals surface area (Å²) in [4.78, 5) is 23.7. The van der Waals surface area contributed by atoms with Crippen LogP contribution in [0.3, 0.4) is 0 Å². The molecule has 0 aliphatic heterocycles. The van der Waals surface area contributed by atoms with E-state index in [4.69, 9.17) is 0 Å². The van der Waals surface area contributed by atoms with Gasteiger partial charge in [-0.25, -0.2) is 8.42 Å².